The molecule has 3 nitrogen and oxygen atoms in total. The second-order valence-corrected chi connectivity index (χ2v) is 7.97. The summed E-state index contributed by atoms with van der Waals surface area (Å²) in [5, 5.41) is 0.623. The Balaban J connectivity index is 1.74. The van der Waals surface area contributed by atoms with E-state index in [1.165, 1.54) is 16.7 Å². The van der Waals surface area contributed by atoms with Gasteiger partial charge in [-0.1, -0.05) is 59.9 Å². The Morgan fingerprint density at radius 3 is 2.35 bits per heavy atom. The van der Waals surface area contributed by atoms with Gasteiger partial charge in [-0.25, -0.2) is 0 Å². The van der Waals surface area contributed by atoms with Gasteiger partial charge >= 0.3 is 0 Å². The number of nitrogens with zero attached hydrogens (tertiary/aromatic N) is 2. The molecule has 0 atom stereocenters. The second-order valence-electron chi connectivity index (χ2n) is 5.86. The van der Waals surface area contributed by atoms with Crippen LogP contribution in [0.2, 0.25) is 5.02 Å². The number of thioether (sulfide) groups is 1. The quantitative estimate of drug-likeness (QED) is 0.508. The van der Waals surface area contributed by atoms with Crippen molar-refractivity contribution in [2.24, 2.45) is 0 Å². The lowest BCUT2D eigenvalue weighted by Crippen LogP contribution is -2.27. The molecule has 0 unspecified atom stereocenters. The van der Waals surface area contributed by atoms with Gasteiger partial charge < -0.3 is 4.90 Å². The molecular formula is C20H17ClN2OS2. The minimum Gasteiger partial charge on any atom is -0.378 e. The smallest absolute Gasteiger partial charge is 0.270 e. The molecule has 1 amide bonds. The van der Waals surface area contributed by atoms with Gasteiger partial charge in [0.1, 0.15) is 0 Å². The fourth-order valence-electron chi connectivity index (χ4n) is 2.42. The summed E-state index contributed by atoms with van der Waals surface area (Å²) in [4.78, 5) is 16.8. The van der Waals surface area contributed by atoms with Crippen LogP contribution in [0.1, 0.15) is 5.56 Å². The Morgan fingerprint density at radius 2 is 1.73 bits per heavy atom. The number of anilines is 2. The molecule has 1 aliphatic rings. The highest BCUT2D eigenvalue weighted by molar-refractivity contribution is 8.27. The maximum Gasteiger partial charge on any atom is 0.270 e. The largest absolute Gasteiger partial charge is 0.378 e. The van der Waals surface area contributed by atoms with Crippen molar-refractivity contribution in [3.63, 3.8) is 0 Å². The molecule has 2 aromatic rings. The van der Waals surface area contributed by atoms with Gasteiger partial charge in [-0.3, -0.25) is 9.69 Å². The molecule has 0 saturated carbocycles. The minimum absolute atomic E-state index is 0.116. The van der Waals surface area contributed by atoms with Gasteiger partial charge in [-0.2, -0.15) is 0 Å². The fourth-order valence-corrected chi connectivity index (χ4v) is 3.80. The summed E-state index contributed by atoms with van der Waals surface area (Å²) in [5.41, 5.74) is 2.94. The van der Waals surface area contributed by atoms with Crippen molar-refractivity contribution < 1.29 is 4.79 Å². The van der Waals surface area contributed by atoms with Crippen molar-refractivity contribution in [3.05, 3.63) is 76.2 Å². The van der Waals surface area contributed by atoms with Crippen molar-refractivity contribution in [2.75, 3.05) is 23.9 Å². The van der Waals surface area contributed by atoms with E-state index in [1.807, 2.05) is 38.4 Å². The molecule has 0 aliphatic carbocycles. The lowest BCUT2D eigenvalue weighted by molar-refractivity contribution is -0.113. The van der Waals surface area contributed by atoms with Crippen LogP contribution >= 0.6 is 35.6 Å². The summed E-state index contributed by atoms with van der Waals surface area (Å²) in [7, 11) is 4.01. The molecule has 0 spiro atoms. The van der Waals surface area contributed by atoms with Crippen LogP contribution in [0.15, 0.2) is 65.6 Å². The van der Waals surface area contributed by atoms with E-state index >= 15 is 0 Å². The molecule has 0 N–H and O–H groups in total. The van der Waals surface area contributed by atoms with Crippen LogP contribution in [0.5, 0.6) is 0 Å². The van der Waals surface area contributed by atoms with Crippen LogP contribution in [0, 0.1) is 0 Å². The molecule has 1 fully saturated rings. The first-order valence-electron chi connectivity index (χ1n) is 7.93. The molecule has 1 saturated heterocycles. The molecule has 0 radical (unpaired) electrons. The zero-order valence-electron chi connectivity index (χ0n) is 14.3. The number of thiocarbonyl (C=S) groups is 1. The number of benzene rings is 2. The van der Waals surface area contributed by atoms with Crippen LogP contribution in [0.3, 0.4) is 0 Å². The van der Waals surface area contributed by atoms with Crippen LogP contribution in [-0.4, -0.2) is 24.3 Å². The van der Waals surface area contributed by atoms with Gasteiger partial charge in [0.15, 0.2) is 4.32 Å². The van der Waals surface area contributed by atoms with E-state index in [9.17, 15) is 4.79 Å². The molecule has 6 heteroatoms. The average Bonchev–Trinajstić information content (AvgIpc) is 2.90. The minimum atomic E-state index is -0.116. The Bertz CT molecular complexity index is 887. The van der Waals surface area contributed by atoms with Gasteiger partial charge in [-0.15, -0.1) is 0 Å². The Labute approximate surface area is 167 Å². The molecule has 26 heavy (non-hydrogen) atoms. The van der Waals surface area contributed by atoms with Gasteiger partial charge in [0, 0.05) is 24.8 Å². The predicted molar refractivity (Wildman–Crippen MR) is 117 cm³/mol. The number of amides is 1. The van der Waals surface area contributed by atoms with Crippen LogP contribution < -0.4 is 9.80 Å². The van der Waals surface area contributed by atoms with E-state index in [1.54, 1.807) is 30.3 Å². The van der Waals surface area contributed by atoms with Crippen molar-refractivity contribution >= 4 is 63.3 Å². The van der Waals surface area contributed by atoms with Gasteiger partial charge in [-0.05, 0) is 48.0 Å². The van der Waals surface area contributed by atoms with Crippen molar-refractivity contribution in [3.8, 4) is 0 Å². The highest BCUT2D eigenvalue weighted by atomic mass is 35.5. The first kappa shape index (κ1) is 18.7. The number of carbonyl (C=O) groups excluding carboxylic acids is 1. The summed E-state index contributed by atoms with van der Waals surface area (Å²) in [5.74, 6) is -0.116. The molecular weight excluding hydrogens is 384 g/mol. The molecule has 2 aromatic carbocycles. The molecule has 0 aromatic heterocycles. The van der Waals surface area contributed by atoms with Crippen LogP contribution in [0.25, 0.3) is 6.08 Å². The zero-order chi connectivity index (χ0) is 18.7. The summed E-state index contributed by atoms with van der Waals surface area (Å²) < 4.78 is 0.521. The first-order chi connectivity index (χ1) is 12.5. The van der Waals surface area contributed by atoms with Gasteiger partial charge in [0.05, 0.1) is 10.6 Å². The highest BCUT2D eigenvalue weighted by Gasteiger charge is 2.32. The number of rotatable bonds is 4. The molecule has 1 aliphatic heterocycles. The highest BCUT2D eigenvalue weighted by Crippen LogP contribution is 2.35. The Kier molecular flexibility index (Phi) is 5.81. The molecule has 3 rings (SSSR count). The van der Waals surface area contributed by atoms with Crippen LogP contribution in [-0.2, 0) is 4.79 Å². The lowest BCUT2D eigenvalue weighted by atomic mass is 10.2. The Hall–Kier alpha value is -2.08. The number of allylic oxidation sites excluding steroid dienone is 2. The molecule has 0 bridgehead atoms. The van der Waals surface area contributed by atoms with Crippen molar-refractivity contribution in [1.29, 1.82) is 0 Å². The third-order valence-electron chi connectivity index (χ3n) is 3.82. The van der Waals surface area contributed by atoms with E-state index in [4.69, 9.17) is 23.8 Å². The molecule has 1 heterocycles. The summed E-state index contributed by atoms with van der Waals surface area (Å²) in [6.45, 7) is 0. The Morgan fingerprint density at radius 1 is 1.08 bits per heavy atom. The second kappa shape index (κ2) is 8.08. The third kappa shape index (κ3) is 4.18. The average molecular weight is 401 g/mol. The number of halogens is 1. The van der Waals surface area contributed by atoms with E-state index in [2.05, 4.69) is 17.0 Å². The summed E-state index contributed by atoms with van der Waals surface area (Å²) in [6, 6.07) is 15.3. The first-order valence-corrected chi connectivity index (χ1v) is 9.53. The SMILES string of the molecule is CN(C)c1ccc(/C=C/C=C2/SC(=S)N(c3ccc(Cl)cc3)C2=O)cc1. The standard InChI is InChI=1S/C20H17ClN2OS2/c1-22(2)16-10-6-14(7-11-16)4-3-5-18-19(24)23(20(25)26-18)17-12-8-15(21)9-13-17/h3-13H,1-2H3/b4-3+,18-5+. The van der Waals surface area contributed by atoms with Crippen molar-refractivity contribution in [2.45, 2.75) is 0 Å². The maximum absolute atomic E-state index is 12.6. The van der Waals surface area contributed by atoms with Gasteiger partial charge in [0.2, 0.25) is 0 Å². The monoisotopic (exact) mass is 400 g/mol. The van der Waals surface area contributed by atoms with E-state index in [-0.39, 0.29) is 5.91 Å². The lowest BCUT2D eigenvalue weighted by Gasteiger charge is -2.14. The summed E-state index contributed by atoms with van der Waals surface area (Å²) >= 11 is 12.6. The van der Waals surface area contributed by atoms with Crippen molar-refractivity contribution in [1.82, 2.24) is 0 Å². The molecule has 132 valence electrons. The fraction of sp³-hybridized carbons (Fsp3) is 0.100. The number of hydrogen-bond donors (Lipinski definition) is 0. The number of carbonyl (C=O) groups is 1. The van der Waals surface area contributed by atoms with E-state index in [0.717, 1.165) is 16.9 Å². The topological polar surface area (TPSA) is 23.6 Å². The van der Waals surface area contributed by atoms with Gasteiger partial charge in [0.25, 0.3) is 5.91 Å². The maximum atomic E-state index is 12.6. The van der Waals surface area contributed by atoms with Crippen LogP contribution in [0.4, 0.5) is 11.4 Å². The predicted octanol–water partition coefficient (Wildman–Crippen LogP) is 5.37. The third-order valence-corrected chi connectivity index (χ3v) is 5.40. The normalized spacial score (nSPS) is 16.1. The van der Waals surface area contributed by atoms with E-state index < -0.39 is 0 Å². The number of hydrogen-bond acceptors (Lipinski definition) is 4. The zero-order valence-corrected chi connectivity index (χ0v) is 16.7. The van der Waals surface area contributed by atoms with E-state index in [0.29, 0.717) is 14.2 Å². The summed E-state index contributed by atoms with van der Waals surface area (Å²) in [6.07, 6.45) is 5.64.